The minimum absolute atomic E-state index is 0.0885. The van der Waals surface area contributed by atoms with Crippen LogP contribution in [0.3, 0.4) is 0 Å². The minimum Gasteiger partial charge on any atom is -0.394 e. The third kappa shape index (κ3) is 8.76. The van der Waals surface area contributed by atoms with Crippen molar-refractivity contribution in [3.63, 3.8) is 0 Å². The van der Waals surface area contributed by atoms with Crippen LogP contribution >= 0.6 is 0 Å². The number of carbonyl (C=O) groups is 1. The van der Waals surface area contributed by atoms with Gasteiger partial charge in [0, 0.05) is 0 Å². The summed E-state index contributed by atoms with van der Waals surface area (Å²) < 4.78 is 48.6. The SMILES string of the molecule is CC(=O)C1=CCC2C3CCC4=CC(OC5OC(CO)C(O)C(O)C5OC5OC(C)C(OC6OC(C)C(O)C(O)C6O)C(O)C5OC5OC(C)C(O)C(O)C5O)CCC4C3CCC12C. The fourth-order valence-electron chi connectivity index (χ4n) is 12.2. The number of Topliss-reactive ketones (excluding diaryl/α,β-unsaturated/α-hetero) is 1. The van der Waals surface area contributed by atoms with Crippen LogP contribution in [-0.4, -0.2) is 192 Å². The lowest BCUT2D eigenvalue weighted by atomic mass is 9.51. The third-order valence-electron chi connectivity index (χ3n) is 15.8. The highest BCUT2D eigenvalue weighted by Gasteiger charge is 2.57. The van der Waals surface area contributed by atoms with E-state index in [1.807, 2.05) is 0 Å². The van der Waals surface area contributed by atoms with Gasteiger partial charge in [-0.15, -0.1) is 0 Å². The Morgan fingerprint density at radius 2 is 1.21 bits per heavy atom. The molecule has 2 saturated carbocycles. The van der Waals surface area contributed by atoms with E-state index in [1.165, 1.54) is 26.3 Å². The molecule has 19 heteroatoms. The van der Waals surface area contributed by atoms with Gasteiger partial charge in [0.25, 0.3) is 0 Å². The molecule has 63 heavy (non-hydrogen) atoms. The van der Waals surface area contributed by atoms with Crippen molar-refractivity contribution in [2.75, 3.05) is 6.61 Å². The molecule has 4 aliphatic carbocycles. The maximum atomic E-state index is 12.6. The molecule has 26 unspecified atom stereocenters. The molecule has 0 aromatic carbocycles. The van der Waals surface area contributed by atoms with E-state index in [2.05, 4.69) is 19.1 Å². The van der Waals surface area contributed by atoms with Crippen molar-refractivity contribution in [1.82, 2.24) is 0 Å². The number of allylic oxidation sites excluding steroid dienone is 3. The maximum Gasteiger partial charge on any atom is 0.187 e. The largest absolute Gasteiger partial charge is 0.394 e. The molecule has 4 heterocycles. The Bertz CT molecular complexity index is 1680. The lowest BCUT2D eigenvalue weighted by Crippen LogP contribution is -2.67. The number of carbonyl (C=O) groups excluding carboxylic acids is 1. The Balaban J connectivity index is 1.02. The lowest BCUT2D eigenvalue weighted by Gasteiger charge is -2.54. The summed E-state index contributed by atoms with van der Waals surface area (Å²) in [5.74, 6) is 1.95. The Morgan fingerprint density at radius 3 is 1.83 bits per heavy atom. The van der Waals surface area contributed by atoms with E-state index in [0.717, 1.165) is 44.1 Å². The number of fused-ring (bicyclic) bond motifs is 5. The van der Waals surface area contributed by atoms with E-state index in [4.69, 9.17) is 37.9 Å². The molecule has 0 radical (unpaired) electrons. The monoisotopic (exact) mass is 900 g/mol. The van der Waals surface area contributed by atoms with Crippen molar-refractivity contribution in [2.24, 2.45) is 29.1 Å². The van der Waals surface area contributed by atoms with E-state index in [1.54, 1.807) is 6.92 Å². The van der Waals surface area contributed by atoms with E-state index in [9.17, 15) is 55.9 Å². The summed E-state index contributed by atoms with van der Waals surface area (Å²) >= 11 is 0. The van der Waals surface area contributed by atoms with Crippen molar-refractivity contribution < 1.29 is 93.8 Å². The van der Waals surface area contributed by atoms with E-state index in [0.29, 0.717) is 30.1 Å². The van der Waals surface area contributed by atoms with Crippen molar-refractivity contribution in [1.29, 1.82) is 0 Å². The number of ketones is 1. The molecule has 26 atom stereocenters. The Kier molecular flexibility index (Phi) is 14.3. The number of rotatable bonds is 10. The predicted molar refractivity (Wildman–Crippen MR) is 214 cm³/mol. The predicted octanol–water partition coefficient (Wildman–Crippen LogP) is -1.58. The average molecular weight is 901 g/mol. The van der Waals surface area contributed by atoms with Gasteiger partial charge in [-0.1, -0.05) is 24.6 Å². The Morgan fingerprint density at radius 1 is 0.635 bits per heavy atom. The number of hydrogen-bond acceptors (Lipinski definition) is 19. The topological polar surface area (TPSA) is 293 Å². The van der Waals surface area contributed by atoms with Crippen LogP contribution in [0.4, 0.5) is 0 Å². The number of hydrogen-bond donors (Lipinski definition) is 10. The summed E-state index contributed by atoms with van der Waals surface area (Å²) in [5, 5.41) is 108. The molecule has 4 saturated heterocycles. The molecule has 6 fully saturated rings. The second kappa shape index (κ2) is 18.8. The zero-order chi connectivity index (χ0) is 45.4. The normalized spacial score (nSPS) is 53.7. The van der Waals surface area contributed by atoms with Crippen molar-refractivity contribution in [2.45, 2.75) is 208 Å². The molecule has 0 amide bonds. The molecule has 358 valence electrons. The smallest absolute Gasteiger partial charge is 0.187 e. The highest BCUT2D eigenvalue weighted by atomic mass is 16.8. The first-order valence-corrected chi connectivity index (χ1v) is 22.7. The molecule has 0 spiro atoms. The van der Waals surface area contributed by atoms with Crippen molar-refractivity contribution >= 4 is 5.78 Å². The van der Waals surface area contributed by atoms with E-state index >= 15 is 0 Å². The summed E-state index contributed by atoms with van der Waals surface area (Å²) in [6, 6.07) is 0. The molecule has 19 nitrogen and oxygen atoms in total. The quantitative estimate of drug-likeness (QED) is 0.111. The highest BCUT2D eigenvalue weighted by Crippen LogP contribution is 2.62. The van der Waals surface area contributed by atoms with Gasteiger partial charge in [-0.2, -0.15) is 0 Å². The first-order chi connectivity index (χ1) is 29.8. The van der Waals surface area contributed by atoms with Crippen molar-refractivity contribution in [3.05, 3.63) is 23.3 Å². The van der Waals surface area contributed by atoms with Gasteiger partial charge in [-0.3, -0.25) is 4.79 Å². The van der Waals surface area contributed by atoms with Gasteiger partial charge < -0.3 is 89.0 Å². The van der Waals surface area contributed by atoms with Crippen LogP contribution in [0.2, 0.25) is 0 Å². The zero-order valence-corrected chi connectivity index (χ0v) is 36.4. The summed E-state index contributed by atoms with van der Waals surface area (Å²) in [5.41, 5.74) is 2.17. The van der Waals surface area contributed by atoms with E-state index < -0.39 is 136 Å². The fourth-order valence-corrected chi connectivity index (χ4v) is 12.2. The fraction of sp³-hybridized carbons (Fsp3) is 0.886. The minimum atomic E-state index is -1.83. The molecule has 4 aliphatic heterocycles. The molecule has 10 N–H and O–H groups in total. The molecule has 8 aliphatic rings. The van der Waals surface area contributed by atoms with Crippen LogP contribution in [0.5, 0.6) is 0 Å². The molecular formula is C44H68O19. The highest BCUT2D eigenvalue weighted by molar-refractivity contribution is 5.95. The standard InChI is InChI=1S/C44H68O19/c1-16(46)25-10-11-26-24-8-6-20-14-21(7-9-22(20)23(24)12-13-44(25,26)5)59-43-38(33(52)30(49)27(15-45)60-43)63-42-39(62-41-35(54)32(51)29(48)18(3)57-41)36(55)37(19(4)58-42)61-40-34(53)31(50)28(47)17(2)56-40/h10,14,17-19,21-24,26-43,45,47-55H,6-9,11-13,15H2,1-5H3. The van der Waals surface area contributed by atoms with Gasteiger partial charge in [0.2, 0.25) is 0 Å². The molecule has 0 aromatic rings. The van der Waals surface area contributed by atoms with Gasteiger partial charge in [-0.05, 0) is 107 Å². The van der Waals surface area contributed by atoms with E-state index in [-0.39, 0.29) is 11.2 Å². The summed E-state index contributed by atoms with van der Waals surface area (Å²) in [7, 11) is 0. The van der Waals surface area contributed by atoms with Crippen LogP contribution in [0.25, 0.3) is 0 Å². The maximum absolute atomic E-state index is 12.6. The average Bonchev–Trinajstić information content (AvgIpc) is 3.62. The van der Waals surface area contributed by atoms with Crippen molar-refractivity contribution in [3.8, 4) is 0 Å². The van der Waals surface area contributed by atoms with Gasteiger partial charge in [0.05, 0.1) is 31.0 Å². The summed E-state index contributed by atoms with van der Waals surface area (Å²) in [6.07, 6.45) is -20.4. The first kappa shape index (κ1) is 47.9. The first-order valence-electron chi connectivity index (χ1n) is 22.7. The van der Waals surface area contributed by atoms with Crippen LogP contribution in [0.15, 0.2) is 23.3 Å². The second-order valence-corrected chi connectivity index (χ2v) is 19.5. The van der Waals surface area contributed by atoms with Gasteiger partial charge in [0.15, 0.2) is 30.9 Å². The number of aliphatic hydroxyl groups excluding tert-OH is 10. The van der Waals surface area contributed by atoms with Crippen LogP contribution in [0, 0.1) is 29.1 Å². The summed E-state index contributed by atoms with van der Waals surface area (Å²) in [4.78, 5) is 12.6. The lowest BCUT2D eigenvalue weighted by molar-refractivity contribution is -0.403. The Hall–Kier alpha value is -1.57. The van der Waals surface area contributed by atoms with Crippen LogP contribution in [0.1, 0.15) is 79.6 Å². The Labute approximate surface area is 366 Å². The van der Waals surface area contributed by atoms with Gasteiger partial charge in [0.1, 0.15) is 79.4 Å². The summed E-state index contributed by atoms with van der Waals surface area (Å²) in [6.45, 7) is 7.65. The zero-order valence-electron chi connectivity index (χ0n) is 36.4. The third-order valence-corrected chi connectivity index (χ3v) is 15.8. The van der Waals surface area contributed by atoms with Crippen LogP contribution < -0.4 is 0 Å². The molecule has 0 bridgehead atoms. The number of ether oxygens (including phenoxy) is 8. The molecular weight excluding hydrogens is 832 g/mol. The van der Waals surface area contributed by atoms with Gasteiger partial charge in [-0.25, -0.2) is 0 Å². The molecule has 8 rings (SSSR count). The van der Waals surface area contributed by atoms with Gasteiger partial charge >= 0.3 is 0 Å². The second-order valence-electron chi connectivity index (χ2n) is 19.5. The number of aliphatic hydroxyl groups is 10. The van der Waals surface area contributed by atoms with Crippen LogP contribution in [-0.2, 0) is 42.7 Å². The molecule has 0 aromatic heterocycles.